The third kappa shape index (κ3) is 4.51. The van der Waals surface area contributed by atoms with Gasteiger partial charge in [-0.05, 0) is 73.6 Å². The van der Waals surface area contributed by atoms with Gasteiger partial charge >= 0.3 is 5.76 Å². The molecule has 2 aromatic carbocycles. The van der Waals surface area contributed by atoms with Crippen LogP contribution >= 0.6 is 0 Å². The van der Waals surface area contributed by atoms with Crippen LogP contribution in [0.25, 0.3) is 11.2 Å². The zero-order chi connectivity index (χ0) is 26.2. The van der Waals surface area contributed by atoms with E-state index in [-0.39, 0.29) is 0 Å². The molecule has 8 heteroatoms. The molecule has 4 heterocycles. The summed E-state index contributed by atoms with van der Waals surface area (Å²) in [5, 5.41) is 3.93. The van der Waals surface area contributed by atoms with Gasteiger partial charge in [-0.1, -0.05) is 48.8 Å². The number of hydrogen-bond donors (Lipinski definition) is 1. The van der Waals surface area contributed by atoms with Crippen LogP contribution in [0.4, 0.5) is 11.4 Å². The van der Waals surface area contributed by atoms with Gasteiger partial charge in [0, 0.05) is 23.5 Å². The molecule has 0 bridgehead atoms. The summed E-state index contributed by atoms with van der Waals surface area (Å²) in [4.78, 5) is 26.5. The number of anilines is 2. The van der Waals surface area contributed by atoms with Gasteiger partial charge in [0.2, 0.25) is 0 Å². The average molecular weight is 509 g/mol. The van der Waals surface area contributed by atoms with Crippen LogP contribution in [0.15, 0.2) is 57.8 Å². The van der Waals surface area contributed by atoms with Crippen molar-refractivity contribution in [3.05, 3.63) is 98.7 Å². The molecule has 0 unspecified atom stereocenters. The first-order chi connectivity index (χ1) is 18.5. The molecule has 5 aromatic rings. The fraction of sp³-hybridized carbons (Fsp3) is 0.333. The molecule has 8 nitrogen and oxygen atoms in total. The molecule has 1 aliphatic heterocycles. The highest BCUT2D eigenvalue weighted by Gasteiger charge is 2.23. The molecule has 194 valence electrons. The summed E-state index contributed by atoms with van der Waals surface area (Å²) in [5.41, 5.74) is 10.2. The molecule has 0 aliphatic carbocycles. The lowest BCUT2D eigenvalue weighted by atomic mass is 10.0. The lowest BCUT2D eigenvalue weighted by Crippen LogP contribution is -2.19. The van der Waals surface area contributed by atoms with Crippen molar-refractivity contribution < 1.29 is 4.52 Å². The monoisotopic (exact) mass is 508 g/mol. The molecule has 6 rings (SSSR count). The van der Waals surface area contributed by atoms with Crippen LogP contribution in [-0.2, 0) is 32.4 Å². The van der Waals surface area contributed by atoms with E-state index in [9.17, 15) is 4.79 Å². The van der Waals surface area contributed by atoms with Crippen LogP contribution < -0.4 is 10.7 Å². The number of para-hydroxylation sites is 1. The number of unbranched alkanes of at least 4 members (excludes halogenated alkanes) is 1. The highest BCUT2D eigenvalue weighted by atomic mass is 16.5. The van der Waals surface area contributed by atoms with Gasteiger partial charge in [-0.3, -0.25) is 9.51 Å². The molecule has 0 fully saturated rings. The van der Waals surface area contributed by atoms with E-state index in [0.29, 0.717) is 12.4 Å². The SMILES string of the molecule is CCCCc1nc2c(C)cc(C)nc2n1Cc1ccc2c(c1)CCc1ccccc1N2Cc1noc(=O)[nH]1. The summed E-state index contributed by atoms with van der Waals surface area (Å²) in [7, 11) is 0. The number of aromatic nitrogens is 5. The Morgan fingerprint density at radius 3 is 2.61 bits per heavy atom. The molecule has 1 aliphatic rings. The zero-order valence-corrected chi connectivity index (χ0v) is 22.1. The number of H-pyrrole nitrogens is 1. The van der Waals surface area contributed by atoms with Gasteiger partial charge in [-0.25, -0.2) is 14.8 Å². The maximum Gasteiger partial charge on any atom is 0.438 e. The molecular weight excluding hydrogens is 476 g/mol. The Labute approximate surface area is 221 Å². The highest BCUT2D eigenvalue weighted by Crippen LogP contribution is 2.37. The Morgan fingerprint density at radius 1 is 0.974 bits per heavy atom. The highest BCUT2D eigenvalue weighted by molar-refractivity contribution is 5.76. The van der Waals surface area contributed by atoms with Crippen LogP contribution in [0.3, 0.4) is 0 Å². The third-order valence-electron chi connectivity index (χ3n) is 7.37. The summed E-state index contributed by atoms with van der Waals surface area (Å²) in [6.45, 7) is 7.53. The standard InChI is InChI=1S/C30H32N6O2/c1-4-5-10-27-33-28-19(2)15-20(3)31-29(28)36(27)17-21-11-14-25-23(16-21)13-12-22-8-6-7-9-24(22)35(25)18-26-32-30(37)38-34-26/h6-9,11,14-16H,4-5,10,12-13,17-18H2,1-3H3,(H,32,34,37). The van der Waals surface area contributed by atoms with Gasteiger partial charge in [-0.2, -0.15) is 0 Å². The van der Waals surface area contributed by atoms with Crippen molar-refractivity contribution in [2.24, 2.45) is 0 Å². The number of rotatable bonds is 7. The fourth-order valence-corrected chi connectivity index (χ4v) is 5.56. The third-order valence-corrected chi connectivity index (χ3v) is 7.37. The molecule has 1 N–H and O–H groups in total. The van der Waals surface area contributed by atoms with Crippen molar-refractivity contribution in [3.8, 4) is 0 Å². The van der Waals surface area contributed by atoms with Gasteiger partial charge in [0.05, 0.1) is 13.1 Å². The normalized spacial score (nSPS) is 13.0. The van der Waals surface area contributed by atoms with E-state index < -0.39 is 5.76 Å². The molecular formula is C30H32N6O2. The van der Waals surface area contributed by atoms with E-state index >= 15 is 0 Å². The Balaban J connectivity index is 1.40. The number of hydrogen-bond acceptors (Lipinski definition) is 6. The van der Waals surface area contributed by atoms with Crippen LogP contribution in [0.2, 0.25) is 0 Å². The van der Waals surface area contributed by atoms with Crippen molar-refractivity contribution in [3.63, 3.8) is 0 Å². The Bertz CT molecular complexity index is 1680. The quantitative estimate of drug-likeness (QED) is 0.310. The average Bonchev–Trinajstić information content (AvgIpc) is 3.43. The fourth-order valence-electron chi connectivity index (χ4n) is 5.56. The minimum atomic E-state index is -0.538. The first-order valence-corrected chi connectivity index (χ1v) is 13.4. The minimum absolute atomic E-state index is 0.422. The molecule has 0 amide bonds. The summed E-state index contributed by atoms with van der Waals surface area (Å²) in [6.07, 6.45) is 5.03. The van der Waals surface area contributed by atoms with E-state index in [1.54, 1.807) is 0 Å². The number of aryl methyl sites for hydroxylation is 5. The van der Waals surface area contributed by atoms with Crippen LogP contribution in [0.1, 0.15) is 59.4 Å². The van der Waals surface area contributed by atoms with E-state index in [1.165, 1.54) is 22.3 Å². The van der Waals surface area contributed by atoms with E-state index in [4.69, 9.17) is 14.5 Å². The number of aromatic amines is 1. The molecule has 0 saturated heterocycles. The van der Waals surface area contributed by atoms with Crippen molar-refractivity contribution in [2.75, 3.05) is 4.90 Å². The van der Waals surface area contributed by atoms with Gasteiger partial charge in [0.1, 0.15) is 11.3 Å². The topological polar surface area (TPSA) is 92.8 Å². The number of nitrogens with zero attached hydrogens (tertiary/aromatic N) is 5. The van der Waals surface area contributed by atoms with E-state index in [1.807, 2.05) is 6.92 Å². The van der Waals surface area contributed by atoms with Crippen molar-refractivity contribution in [2.45, 2.75) is 66.0 Å². The van der Waals surface area contributed by atoms with Crippen LogP contribution in [-0.4, -0.2) is 24.7 Å². The maximum atomic E-state index is 11.6. The smallest absolute Gasteiger partial charge is 0.333 e. The first-order valence-electron chi connectivity index (χ1n) is 13.4. The van der Waals surface area contributed by atoms with Gasteiger partial charge < -0.3 is 9.47 Å². The number of nitrogens with one attached hydrogen (secondary N) is 1. The second-order valence-corrected chi connectivity index (χ2v) is 10.2. The number of imidazole rings is 1. The molecule has 3 aromatic heterocycles. The second kappa shape index (κ2) is 9.93. The van der Waals surface area contributed by atoms with Crippen molar-refractivity contribution >= 4 is 22.5 Å². The van der Waals surface area contributed by atoms with E-state index in [0.717, 1.165) is 72.7 Å². The number of fused-ring (bicyclic) bond motifs is 3. The van der Waals surface area contributed by atoms with E-state index in [2.05, 4.69) is 82.0 Å². The minimum Gasteiger partial charge on any atom is -0.333 e. The Kier molecular flexibility index (Phi) is 6.31. The molecule has 0 radical (unpaired) electrons. The summed E-state index contributed by atoms with van der Waals surface area (Å²) in [5.74, 6) is 1.07. The lowest BCUT2D eigenvalue weighted by Gasteiger charge is -2.26. The lowest BCUT2D eigenvalue weighted by molar-refractivity contribution is 0.381. The number of benzene rings is 2. The van der Waals surface area contributed by atoms with Crippen LogP contribution in [0.5, 0.6) is 0 Å². The zero-order valence-electron chi connectivity index (χ0n) is 22.1. The van der Waals surface area contributed by atoms with Crippen LogP contribution in [0, 0.1) is 13.8 Å². The second-order valence-electron chi connectivity index (χ2n) is 10.2. The molecule has 38 heavy (non-hydrogen) atoms. The summed E-state index contributed by atoms with van der Waals surface area (Å²) >= 11 is 0. The van der Waals surface area contributed by atoms with Gasteiger partial charge in [0.15, 0.2) is 11.5 Å². The first kappa shape index (κ1) is 24.2. The summed E-state index contributed by atoms with van der Waals surface area (Å²) in [6, 6.07) is 17.3. The largest absolute Gasteiger partial charge is 0.438 e. The molecule has 0 spiro atoms. The maximum absolute atomic E-state index is 11.6. The Morgan fingerprint density at radius 2 is 1.79 bits per heavy atom. The van der Waals surface area contributed by atoms with Crippen molar-refractivity contribution in [1.82, 2.24) is 24.7 Å². The summed E-state index contributed by atoms with van der Waals surface area (Å²) < 4.78 is 7.08. The predicted molar refractivity (Wildman–Crippen MR) is 148 cm³/mol. The molecule has 0 saturated carbocycles. The van der Waals surface area contributed by atoms with Gasteiger partial charge in [-0.15, -0.1) is 0 Å². The molecule has 0 atom stereocenters. The Hall–Kier alpha value is -4.20. The van der Waals surface area contributed by atoms with Crippen molar-refractivity contribution in [1.29, 1.82) is 0 Å². The predicted octanol–water partition coefficient (Wildman–Crippen LogP) is 5.55. The van der Waals surface area contributed by atoms with Gasteiger partial charge in [0.25, 0.3) is 0 Å². The number of pyridine rings is 1.